The van der Waals surface area contributed by atoms with Gasteiger partial charge in [0.25, 0.3) is 0 Å². The van der Waals surface area contributed by atoms with Crippen molar-refractivity contribution in [1.82, 2.24) is 15.3 Å². The van der Waals surface area contributed by atoms with Crippen molar-refractivity contribution in [2.75, 3.05) is 12.3 Å². The molecule has 0 saturated heterocycles. The van der Waals surface area contributed by atoms with Crippen LogP contribution in [0.4, 0.5) is 5.82 Å². The van der Waals surface area contributed by atoms with E-state index >= 15 is 0 Å². The highest BCUT2D eigenvalue weighted by Gasteiger charge is 2.16. The van der Waals surface area contributed by atoms with Crippen LogP contribution in [0.1, 0.15) is 13.8 Å². The van der Waals surface area contributed by atoms with Gasteiger partial charge in [0.2, 0.25) is 5.91 Å². The molecule has 2 aromatic rings. The smallest absolute Gasteiger partial charge is 0.233 e. The molecule has 1 unspecified atom stereocenters. The summed E-state index contributed by atoms with van der Waals surface area (Å²) < 4.78 is 0. The van der Waals surface area contributed by atoms with E-state index in [4.69, 9.17) is 5.73 Å². The molecule has 18 heavy (non-hydrogen) atoms. The SMILES string of the molecule is CCNC(=O)C(C)Sc1nc(N)c2ccsc2n1. The maximum Gasteiger partial charge on any atom is 0.233 e. The fraction of sp³-hybridized carbons (Fsp3) is 0.364. The maximum atomic E-state index is 11.6. The topological polar surface area (TPSA) is 80.9 Å². The number of nitrogens with one attached hydrogen (secondary N) is 1. The summed E-state index contributed by atoms with van der Waals surface area (Å²) >= 11 is 2.83. The van der Waals surface area contributed by atoms with Crippen LogP contribution in [0.2, 0.25) is 0 Å². The number of nitrogens with zero attached hydrogens (tertiary/aromatic N) is 2. The minimum Gasteiger partial charge on any atom is -0.383 e. The monoisotopic (exact) mass is 282 g/mol. The van der Waals surface area contributed by atoms with Crippen LogP contribution in [-0.2, 0) is 4.79 Å². The van der Waals surface area contributed by atoms with Gasteiger partial charge in [0.1, 0.15) is 10.6 Å². The molecule has 0 saturated carbocycles. The van der Waals surface area contributed by atoms with Crippen LogP contribution in [0, 0.1) is 0 Å². The van der Waals surface area contributed by atoms with E-state index in [0.29, 0.717) is 17.5 Å². The van der Waals surface area contributed by atoms with Crippen LogP contribution in [0.25, 0.3) is 10.2 Å². The van der Waals surface area contributed by atoms with Crippen molar-refractivity contribution < 1.29 is 4.79 Å². The number of hydrogen-bond acceptors (Lipinski definition) is 6. The molecule has 0 aliphatic rings. The Hall–Kier alpha value is -1.34. The molecule has 2 heterocycles. The fourth-order valence-corrected chi connectivity index (χ4v) is 3.07. The van der Waals surface area contributed by atoms with Gasteiger partial charge in [0, 0.05) is 6.54 Å². The number of amides is 1. The molecule has 0 aliphatic carbocycles. The molecule has 0 bridgehead atoms. The number of carbonyl (C=O) groups excluding carboxylic acids is 1. The number of rotatable bonds is 4. The average Bonchev–Trinajstić information content (AvgIpc) is 2.77. The van der Waals surface area contributed by atoms with Gasteiger partial charge in [-0.05, 0) is 25.3 Å². The van der Waals surface area contributed by atoms with Crippen LogP contribution in [0.5, 0.6) is 0 Å². The van der Waals surface area contributed by atoms with Gasteiger partial charge in [0.15, 0.2) is 5.16 Å². The van der Waals surface area contributed by atoms with Crippen molar-refractivity contribution in [3.8, 4) is 0 Å². The van der Waals surface area contributed by atoms with E-state index in [1.165, 1.54) is 23.1 Å². The highest BCUT2D eigenvalue weighted by Crippen LogP contribution is 2.27. The molecule has 96 valence electrons. The summed E-state index contributed by atoms with van der Waals surface area (Å²) in [5.41, 5.74) is 5.85. The molecule has 0 aromatic carbocycles. The summed E-state index contributed by atoms with van der Waals surface area (Å²) in [4.78, 5) is 21.1. The molecule has 1 amide bonds. The van der Waals surface area contributed by atoms with Crippen molar-refractivity contribution in [2.45, 2.75) is 24.3 Å². The van der Waals surface area contributed by atoms with Crippen LogP contribution >= 0.6 is 23.1 Å². The van der Waals surface area contributed by atoms with Crippen molar-refractivity contribution in [2.24, 2.45) is 0 Å². The van der Waals surface area contributed by atoms with Gasteiger partial charge in [-0.15, -0.1) is 11.3 Å². The van der Waals surface area contributed by atoms with E-state index in [-0.39, 0.29) is 11.2 Å². The summed E-state index contributed by atoms with van der Waals surface area (Å²) in [7, 11) is 0. The van der Waals surface area contributed by atoms with Crippen molar-refractivity contribution in [1.29, 1.82) is 0 Å². The molecule has 1 atom stereocenters. The molecular formula is C11H14N4OS2. The van der Waals surface area contributed by atoms with E-state index in [1.54, 1.807) is 0 Å². The second-order valence-electron chi connectivity index (χ2n) is 3.69. The summed E-state index contributed by atoms with van der Waals surface area (Å²) in [5, 5.41) is 5.87. The van der Waals surface area contributed by atoms with E-state index in [0.717, 1.165) is 10.2 Å². The predicted octanol–water partition coefficient (Wildman–Crippen LogP) is 1.89. The van der Waals surface area contributed by atoms with Gasteiger partial charge in [-0.25, -0.2) is 9.97 Å². The van der Waals surface area contributed by atoms with E-state index in [2.05, 4.69) is 15.3 Å². The van der Waals surface area contributed by atoms with Crippen LogP contribution < -0.4 is 11.1 Å². The number of fused-ring (bicyclic) bond motifs is 1. The Labute approximate surface area is 113 Å². The van der Waals surface area contributed by atoms with Gasteiger partial charge in [-0.3, -0.25) is 4.79 Å². The lowest BCUT2D eigenvalue weighted by Crippen LogP contribution is -2.30. The van der Waals surface area contributed by atoms with E-state index < -0.39 is 0 Å². The van der Waals surface area contributed by atoms with Gasteiger partial charge in [0.05, 0.1) is 10.6 Å². The number of thiophene rings is 1. The molecule has 0 fully saturated rings. The first-order chi connectivity index (χ1) is 8.61. The number of anilines is 1. The lowest BCUT2D eigenvalue weighted by molar-refractivity contribution is -0.120. The molecule has 2 rings (SSSR count). The van der Waals surface area contributed by atoms with Crippen LogP contribution in [0.15, 0.2) is 16.6 Å². The zero-order valence-electron chi connectivity index (χ0n) is 10.1. The quantitative estimate of drug-likeness (QED) is 0.661. The molecular weight excluding hydrogens is 268 g/mol. The van der Waals surface area contributed by atoms with E-state index in [1.807, 2.05) is 25.3 Å². The lowest BCUT2D eigenvalue weighted by Gasteiger charge is -2.09. The molecule has 0 radical (unpaired) electrons. The van der Waals surface area contributed by atoms with E-state index in [9.17, 15) is 4.79 Å². The van der Waals surface area contributed by atoms with Gasteiger partial charge in [-0.2, -0.15) is 0 Å². The predicted molar refractivity (Wildman–Crippen MR) is 75.8 cm³/mol. The van der Waals surface area contributed by atoms with Crippen LogP contribution in [0.3, 0.4) is 0 Å². The van der Waals surface area contributed by atoms with Gasteiger partial charge >= 0.3 is 0 Å². The minimum atomic E-state index is -0.234. The Morgan fingerprint density at radius 1 is 1.61 bits per heavy atom. The molecule has 2 aromatic heterocycles. The molecule has 0 aliphatic heterocycles. The number of nitrogen functional groups attached to an aromatic ring is 1. The summed E-state index contributed by atoms with van der Waals surface area (Å²) in [6.07, 6.45) is 0. The average molecular weight is 282 g/mol. The minimum absolute atomic E-state index is 0.0176. The maximum absolute atomic E-state index is 11.6. The standard InChI is InChI=1S/C11H14N4OS2/c1-3-13-9(16)6(2)18-11-14-8(12)7-4-5-17-10(7)15-11/h4-6H,3H2,1-2H3,(H,13,16)(H2,12,14,15). The van der Waals surface area contributed by atoms with Crippen LogP contribution in [-0.4, -0.2) is 27.7 Å². The first-order valence-electron chi connectivity index (χ1n) is 5.57. The fourth-order valence-electron chi connectivity index (χ4n) is 1.44. The summed E-state index contributed by atoms with van der Waals surface area (Å²) in [6.45, 7) is 4.34. The summed E-state index contributed by atoms with van der Waals surface area (Å²) in [5.74, 6) is 0.447. The highest BCUT2D eigenvalue weighted by atomic mass is 32.2. The number of thioether (sulfide) groups is 1. The highest BCUT2D eigenvalue weighted by molar-refractivity contribution is 8.00. The Bertz CT molecular complexity index is 569. The largest absolute Gasteiger partial charge is 0.383 e. The molecule has 0 spiro atoms. The van der Waals surface area contributed by atoms with Crippen molar-refractivity contribution in [3.05, 3.63) is 11.4 Å². The van der Waals surface area contributed by atoms with Crippen molar-refractivity contribution in [3.63, 3.8) is 0 Å². The normalized spacial score (nSPS) is 12.6. The number of nitrogens with two attached hydrogens (primary N) is 1. The second kappa shape index (κ2) is 5.53. The molecule has 7 heteroatoms. The second-order valence-corrected chi connectivity index (χ2v) is 5.89. The third-order valence-corrected chi connectivity index (χ3v) is 4.10. The number of aromatic nitrogens is 2. The summed E-state index contributed by atoms with van der Waals surface area (Å²) in [6, 6.07) is 1.90. The molecule has 5 nitrogen and oxygen atoms in total. The molecule has 3 N–H and O–H groups in total. The van der Waals surface area contributed by atoms with Crippen molar-refractivity contribution >= 4 is 45.0 Å². The van der Waals surface area contributed by atoms with Gasteiger partial charge < -0.3 is 11.1 Å². The first kappa shape index (κ1) is 13.1. The Morgan fingerprint density at radius 3 is 3.11 bits per heavy atom. The lowest BCUT2D eigenvalue weighted by atomic mass is 10.4. The third-order valence-electron chi connectivity index (χ3n) is 2.34. The zero-order chi connectivity index (χ0) is 13.1. The third kappa shape index (κ3) is 2.73. The van der Waals surface area contributed by atoms with Gasteiger partial charge in [-0.1, -0.05) is 11.8 Å². The Morgan fingerprint density at radius 2 is 2.39 bits per heavy atom. The Kier molecular flexibility index (Phi) is 4.03. The first-order valence-corrected chi connectivity index (χ1v) is 7.32. The zero-order valence-corrected chi connectivity index (χ0v) is 11.8. The number of carbonyl (C=O) groups is 1. The Balaban J connectivity index is 2.18. The number of hydrogen-bond donors (Lipinski definition) is 2.